The molecule has 18 heavy (non-hydrogen) atoms. The zero-order valence-corrected chi connectivity index (χ0v) is 11.6. The van der Waals surface area contributed by atoms with E-state index in [2.05, 4.69) is 0 Å². The fourth-order valence-electron chi connectivity index (χ4n) is 2.13. The van der Waals surface area contributed by atoms with E-state index in [-0.39, 0.29) is 36.5 Å². The molecule has 0 spiro atoms. The fourth-order valence-corrected chi connectivity index (χ4v) is 2.13. The second-order valence-electron chi connectivity index (χ2n) is 4.84. The number of esters is 1. The Balaban J connectivity index is 2.66. The number of carbonyl (C=O) groups excluding carboxylic acids is 2. The highest BCUT2D eigenvalue weighted by Gasteiger charge is 2.35. The van der Waals surface area contributed by atoms with Gasteiger partial charge in [-0.1, -0.05) is 0 Å². The molecule has 1 amide bonds. The summed E-state index contributed by atoms with van der Waals surface area (Å²) < 4.78 is 10.3. The molecule has 0 aromatic heterocycles. The molecule has 0 aromatic carbocycles. The molecule has 0 saturated carbocycles. The predicted molar refractivity (Wildman–Crippen MR) is 67.0 cm³/mol. The van der Waals surface area contributed by atoms with Crippen molar-refractivity contribution in [2.45, 2.75) is 46.3 Å². The van der Waals surface area contributed by atoms with Crippen molar-refractivity contribution in [3.8, 4) is 0 Å². The summed E-state index contributed by atoms with van der Waals surface area (Å²) in [6.45, 7) is 8.43. The molecule has 1 aliphatic heterocycles. The van der Waals surface area contributed by atoms with E-state index < -0.39 is 0 Å². The summed E-state index contributed by atoms with van der Waals surface area (Å²) in [4.78, 5) is 25.5. The molecule has 2 atom stereocenters. The van der Waals surface area contributed by atoms with Gasteiger partial charge in [0.15, 0.2) is 0 Å². The predicted octanol–water partition coefficient (Wildman–Crippen LogP) is 1.21. The van der Waals surface area contributed by atoms with Gasteiger partial charge in [-0.2, -0.15) is 0 Å². The van der Waals surface area contributed by atoms with Crippen molar-refractivity contribution < 1.29 is 19.1 Å². The second kappa shape index (κ2) is 6.73. The first-order chi connectivity index (χ1) is 8.47. The second-order valence-corrected chi connectivity index (χ2v) is 4.84. The monoisotopic (exact) mass is 257 g/mol. The Kier molecular flexibility index (Phi) is 5.59. The van der Waals surface area contributed by atoms with Gasteiger partial charge in [-0.3, -0.25) is 9.59 Å². The van der Waals surface area contributed by atoms with Crippen LogP contribution in [0.3, 0.4) is 0 Å². The van der Waals surface area contributed by atoms with Crippen LogP contribution in [0.2, 0.25) is 0 Å². The maximum Gasteiger partial charge on any atom is 0.325 e. The summed E-state index contributed by atoms with van der Waals surface area (Å²) >= 11 is 0. The van der Waals surface area contributed by atoms with Crippen molar-refractivity contribution >= 4 is 11.9 Å². The first kappa shape index (κ1) is 15.0. The van der Waals surface area contributed by atoms with E-state index in [9.17, 15) is 9.59 Å². The number of hydrogen-bond acceptors (Lipinski definition) is 4. The maximum absolute atomic E-state index is 12.4. The maximum atomic E-state index is 12.4. The Morgan fingerprint density at radius 1 is 1.44 bits per heavy atom. The lowest BCUT2D eigenvalue weighted by molar-refractivity contribution is -0.152. The molecule has 0 radical (unpaired) electrons. The zero-order chi connectivity index (χ0) is 13.7. The molecular weight excluding hydrogens is 234 g/mol. The number of rotatable bonds is 5. The molecule has 0 aromatic rings. The number of carbonyl (C=O) groups is 2. The van der Waals surface area contributed by atoms with Crippen molar-refractivity contribution in [2.75, 3.05) is 19.8 Å². The van der Waals surface area contributed by atoms with Gasteiger partial charge in [-0.05, 0) is 34.1 Å². The van der Waals surface area contributed by atoms with E-state index in [1.54, 1.807) is 11.8 Å². The lowest BCUT2D eigenvalue weighted by Gasteiger charge is -2.29. The van der Waals surface area contributed by atoms with Gasteiger partial charge in [0.25, 0.3) is 0 Å². The van der Waals surface area contributed by atoms with Gasteiger partial charge in [-0.15, -0.1) is 0 Å². The molecule has 5 heteroatoms. The third-order valence-corrected chi connectivity index (χ3v) is 3.20. The molecule has 2 unspecified atom stereocenters. The Morgan fingerprint density at radius 2 is 2.11 bits per heavy atom. The number of ether oxygens (including phenoxy) is 2. The first-order valence-electron chi connectivity index (χ1n) is 6.55. The highest BCUT2D eigenvalue weighted by Crippen LogP contribution is 2.23. The van der Waals surface area contributed by atoms with E-state index in [4.69, 9.17) is 9.47 Å². The molecule has 0 N–H and O–H groups in total. The topological polar surface area (TPSA) is 55.8 Å². The van der Waals surface area contributed by atoms with Crippen LogP contribution in [0.4, 0.5) is 0 Å². The van der Waals surface area contributed by atoms with Crippen molar-refractivity contribution in [1.29, 1.82) is 0 Å². The minimum absolute atomic E-state index is 0.0111. The minimum Gasteiger partial charge on any atom is -0.465 e. The highest BCUT2D eigenvalue weighted by atomic mass is 16.5. The van der Waals surface area contributed by atoms with Crippen LogP contribution in [0, 0.1) is 5.92 Å². The van der Waals surface area contributed by atoms with Gasteiger partial charge in [0.1, 0.15) is 6.54 Å². The molecule has 0 bridgehead atoms. The Hall–Kier alpha value is -1.10. The molecule has 104 valence electrons. The smallest absolute Gasteiger partial charge is 0.325 e. The van der Waals surface area contributed by atoms with Gasteiger partial charge in [0.2, 0.25) is 5.91 Å². The molecule has 1 aliphatic rings. The lowest BCUT2D eigenvalue weighted by Crippen LogP contribution is -2.45. The highest BCUT2D eigenvalue weighted by molar-refractivity contribution is 5.84. The summed E-state index contributed by atoms with van der Waals surface area (Å²) in [5.41, 5.74) is 0. The van der Waals surface area contributed by atoms with Crippen LogP contribution < -0.4 is 0 Å². The minimum atomic E-state index is -0.355. The van der Waals surface area contributed by atoms with Gasteiger partial charge < -0.3 is 14.4 Å². The summed E-state index contributed by atoms with van der Waals surface area (Å²) in [6.07, 6.45) is 0.660. The molecule has 1 fully saturated rings. The third-order valence-electron chi connectivity index (χ3n) is 3.20. The van der Waals surface area contributed by atoms with Crippen molar-refractivity contribution in [1.82, 2.24) is 4.90 Å². The van der Waals surface area contributed by atoms with Crippen molar-refractivity contribution in [3.05, 3.63) is 0 Å². The fraction of sp³-hybridized carbons (Fsp3) is 0.846. The Morgan fingerprint density at radius 3 is 2.56 bits per heavy atom. The van der Waals surface area contributed by atoms with Crippen molar-refractivity contribution in [3.63, 3.8) is 0 Å². The van der Waals surface area contributed by atoms with Crippen molar-refractivity contribution in [2.24, 2.45) is 5.92 Å². The van der Waals surface area contributed by atoms with E-state index >= 15 is 0 Å². The van der Waals surface area contributed by atoms with Crippen LogP contribution in [0.5, 0.6) is 0 Å². The van der Waals surface area contributed by atoms with Crippen LogP contribution in [-0.2, 0) is 19.1 Å². The molecule has 5 nitrogen and oxygen atoms in total. The summed E-state index contributed by atoms with van der Waals surface area (Å²) in [7, 11) is 0. The standard InChI is InChI=1S/C13H23NO4/c1-5-17-12(15)8-14(9(2)3)13(16)11-6-7-18-10(11)4/h9-11H,5-8H2,1-4H3. The van der Waals surface area contributed by atoms with E-state index in [1.165, 1.54) is 0 Å². The average Bonchev–Trinajstić information content (AvgIpc) is 2.71. The molecule has 0 aliphatic carbocycles. The van der Waals surface area contributed by atoms with Crippen LogP contribution in [0.1, 0.15) is 34.1 Å². The number of nitrogens with zero attached hydrogens (tertiary/aromatic N) is 1. The normalized spacial score (nSPS) is 23.2. The molecule has 1 saturated heterocycles. The van der Waals surface area contributed by atoms with Crippen LogP contribution >= 0.6 is 0 Å². The van der Waals surface area contributed by atoms with E-state index in [1.807, 2.05) is 20.8 Å². The lowest BCUT2D eigenvalue weighted by atomic mass is 10.0. The summed E-state index contributed by atoms with van der Waals surface area (Å²) in [5, 5.41) is 0. The van der Waals surface area contributed by atoms with Crippen LogP contribution in [0.25, 0.3) is 0 Å². The quantitative estimate of drug-likeness (QED) is 0.695. The van der Waals surface area contributed by atoms with E-state index in [0.717, 1.165) is 6.42 Å². The first-order valence-corrected chi connectivity index (χ1v) is 6.55. The molecule has 1 heterocycles. The largest absolute Gasteiger partial charge is 0.465 e. The van der Waals surface area contributed by atoms with Crippen LogP contribution in [-0.4, -0.2) is 48.7 Å². The third kappa shape index (κ3) is 3.70. The zero-order valence-electron chi connectivity index (χ0n) is 11.6. The van der Waals surface area contributed by atoms with E-state index in [0.29, 0.717) is 13.2 Å². The summed E-state index contributed by atoms with van der Waals surface area (Å²) in [5.74, 6) is -0.504. The van der Waals surface area contributed by atoms with Gasteiger partial charge in [-0.25, -0.2) is 0 Å². The SMILES string of the molecule is CCOC(=O)CN(C(=O)C1CCOC1C)C(C)C. The van der Waals surface area contributed by atoms with Gasteiger partial charge in [0, 0.05) is 12.6 Å². The molecule has 1 rings (SSSR count). The average molecular weight is 257 g/mol. The summed E-state index contributed by atoms with van der Waals surface area (Å²) in [6, 6.07) is -0.0188. The number of amides is 1. The van der Waals surface area contributed by atoms with Gasteiger partial charge >= 0.3 is 5.97 Å². The Bertz CT molecular complexity index is 303. The Labute approximate surface area is 108 Å². The number of hydrogen-bond donors (Lipinski definition) is 0. The van der Waals surface area contributed by atoms with Gasteiger partial charge in [0.05, 0.1) is 18.6 Å². The van der Waals surface area contributed by atoms with Crippen LogP contribution in [0.15, 0.2) is 0 Å². The molecular formula is C13H23NO4.